The third-order valence-electron chi connectivity index (χ3n) is 4.77. The van der Waals surface area contributed by atoms with E-state index in [0.29, 0.717) is 17.9 Å². The molecule has 4 rings (SSSR count). The van der Waals surface area contributed by atoms with E-state index in [4.69, 9.17) is 14.2 Å². The lowest BCUT2D eigenvalue weighted by Crippen LogP contribution is -2.39. The van der Waals surface area contributed by atoms with Crippen LogP contribution in [0.3, 0.4) is 0 Å². The van der Waals surface area contributed by atoms with E-state index in [1.807, 2.05) is 48.2 Å². The number of hydrogen-bond donors (Lipinski definition) is 0. The monoisotopic (exact) mass is 325 g/mol. The van der Waals surface area contributed by atoms with Gasteiger partial charge in [0.1, 0.15) is 5.75 Å². The number of amides is 1. The van der Waals surface area contributed by atoms with Gasteiger partial charge in [0.25, 0.3) is 5.91 Å². The maximum Gasteiger partial charge on any atom is 0.258 e. The summed E-state index contributed by atoms with van der Waals surface area (Å²) < 4.78 is 16.3. The predicted molar refractivity (Wildman–Crippen MR) is 88.7 cm³/mol. The molecule has 0 aliphatic carbocycles. The third kappa shape index (κ3) is 2.28. The zero-order chi connectivity index (χ0) is 16.7. The van der Waals surface area contributed by atoms with Crippen molar-refractivity contribution in [3.8, 4) is 17.2 Å². The highest BCUT2D eigenvalue weighted by Crippen LogP contribution is 2.40. The number of nitrogens with zero attached hydrogens (tertiary/aromatic N) is 1. The second kappa shape index (κ2) is 5.74. The van der Waals surface area contributed by atoms with Crippen LogP contribution < -0.4 is 14.2 Å². The quantitative estimate of drug-likeness (QED) is 0.851. The van der Waals surface area contributed by atoms with Crippen molar-refractivity contribution in [3.63, 3.8) is 0 Å². The summed E-state index contributed by atoms with van der Waals surface area (Å²) in [7, 11) is 1.59. The van der Waals surface area contributed by atoms with Gasteiger partial charge in [0.15, 0.2) is 11.5 Å². The summed E-state index contributed by atoms with van der Waals surface area (Å²) in [5.74, 6) is 2.15. The fourth-order valence-electron chi connectivity index (χ4n) is 3.46. The summed E-state index contributed by atoms with van der Waals surface area (Å²) in [5.41, 5.74) is 2.93. The molecule has 0 spiro atoms. The van der Waals surface area contributed by atoms with Gasteiger partial charge in [-0.3, -0.25) is 4.79 Å². The Balaban J connectivity index is 1.68. The minimum absolute atomic E-state index is 0.0109. The summed E-state index contributed by atoms with van der Waals surface area (Å²) in [6, 6.07) is 11.4. The van der Waals surface area contributed by atoms with E-state index in [-0.39, 0.29) is 18.7 Å². The molecule has 0 N–H and O–H groups in total. The number of methoxy groups -OCH3 is 1. The Morgan fingerprint density at radius 3 is 2.75 bits per heavy atom. The van der Waals surface area contributed by atoms with Crippen LogP contribution in [0.25, 0.3) is 0 Å². The van der Waals surface area contributed by atoms with Gasteiger partial charge in [-0.2, -0.15) is 0 Å². The van der Waals surface area contributed by atoms with Gasteiger partial charge in [0, 0.05) is 6.54 Å². The first kappa shape index (κ1) is 14.9. The molecule has 5 nitrogen and oxygen atoms in total. The average Bonchev–Trinajstić information content (AvgIpc) is 3.07. The molecule has 0 fully saturated rings. The van der Waals surface area contributed by atoms with Crippen molar-refractivity contribution in [1.29, 1.82) is 0 Å². The molecule has 0 radical (unpaired) electrons. The highest BCUT2D eigenvalue weighted by atomic mass is 16.7. The lowest BCUT2D eigenvalue weighted by Gasteiger charge is -2.35. The molecule has 1 amide bonds. The first-order valence-electron chi connectivity index (χ1n) is 8.05. The largest absolute Gasteiger partial charge is 0.496 e. The number of hydrogen-bond acceptors (Lipinski definition) is 4. The summed E-state index contributed by atoms with van der Waals surface area (Å²) in [5, 5.41) is 0. The summed E-state index contributed by atoms with van der Waals surface area (Å²) in [4.78, 5) is 14.9. The first-order valence-corrected chi connectivity index (χ1v) is 8.05. The summed E-state index contributed by atoms with van der Waals surface area (Å²) in [6.45, 7) is 2.98. The van der Waals surface area contributed by atoms with Gasteiger partial charge in [-0.1, -0.05) is 12.1 Å². The van der Waals surface area contributed by atoms with Gasteiger partial charge in [-0.05, 0) is 48.7 Å². The third-order valence-corrected chi connectivity index (χ3v) is 4.77. The SMILES string of the molecule is COc1ccccc1C(=O)N1CCc2cc3c(cc2C1C)OCO3. The van der Waals surface area contributed by atoms with Crippen molar-refractivity contribution < 1.29 is 19.0 Å². The standard InChI is InChI=1S/C19H19NO4/c1-12-15-10-18-17(23-11-24-18)9-13(15)7-8-20(12)19(21)14-5-3-4-6-16(14)22-2/h3-6,9-10,12H,7-8,11H2,1-2H3. The van der Waals surface area contributed by atoms with Gasteiger partial charge in [0.2, 0.25) is 6.79 Å². The Morgan fingerprint density at radius 2 is 1.96 bits per heavy atom. The number of benzene rings is 2. The van der Waals surface area contributed by atoms with E-state index in [0.717, 1.165) is 23.5 Å². The van der Waals surface area contributed by atoms with Crippen molar-refractivity contribution in [2.75, 3.05) is 20.4 Å². The van der Waals surface area contributed by atoms with E-state index in [2.05, 4.69) is 0 Å². The molecule has 2 aliphatic heterocycles. The minimum atomic E-state index is -0.0272. The zero-order valence-electron chi connectivity index (χ0n) is 13.7. The van der Waals surface area contributed by atoms with Crippen LogP contribution in [0.15, 0.2) is 36.4 Å². The van der Waals surface area contributed by atoms with Crippen molar-refractivity contribution in [3.05, 3.63) is 53.1 Å². The van der Waals surface area contributed by atoms with Crippen molar-refractivity contribution in [2.45, 2.75) is 19.4 Å². The van der Waals surface area contributed by atoms with Gasteiger partial charge in [0.05, 0.1) is 18.7 Å². The number of rotatable bonds is 2. The molecule has 124 valence electrons. The second-order valence-electron chi connectivity index (χ2n) is 6.03. The Hall–Kier alpha value is -2.69. The van der Waals surface area contributed by atoms with Crippen LogP contribution in [0, 0.1) is 0 Å². The first-order chi connectivity index (χ1) is 11.7. The fraction of sp³-hybridized carbons (Fsp3) is 0.316. The van der Waals surface area contributed by atoms with Crippen LogP contribution in [-0.2, 0) is 6.42 Å². The topological polar surface area (TPSA) is 48.0 Å². The lowest BCUT2D eigenvalue weighted by molar-refractivity contribution is 0.0674. The van der Waals surface area contributed by atoms with E-state index < -0.39 is 0 Å². The minimum Gasteiger partial charge on any atom is -0.496 e. The number of ether oxygens (including phenoxy) is 3. The number of para-hydroxylation sites is 1. The summed E-state index contributed by atoms with van der Waals surface area (Å²) >= 11 is 0. The molecule has 0 aromatic heterocycles. The van der Waals surface area contributed by atoms with Crippen LogP contribution in [0.5, 0.6) is 17.2 Å². The van der Waals surface area contributed by atoms with Crippen LogP contribution in [0.4, 0.5) is 0 Å². The van der Waals surface area contributed by atoms with E-state index in [1.54, 1.807) is 7.11 Å². The fourth-order valence-corrected chi connectivity index (χ4v) is 3.46. The smallest absolute Gasteiger partial charge is 0.258 e. The van der Waals surface area contributed by atoms with Gasteiger partial charge >= 0.3 is 0 Å². The molecule has 2 heterocycles. The average molecular weight is 325 g/mol. The van der Waals surface area contributed by atoms with Crippen molar-refractivity contribution >= 4 is 5.91 Å². The molecule has 2 aromatic rings. The molecular formula is C19H19NO4. The van der Waals surface area contributed by atoms with Gasteiger partial charge < -0.3 is 19.1 Å². The Kier molecular flexibility index (Phi) is 3.56. The maximum atomic E-state index is 13.0. The highest BCUT2D eigenvalue weighted by molar-refractivity contribution is 5.97. The molecule has 1 unspecified atom stereocenters. The van der Waals surface area contributed by atoms with Gasteiger partial charge in [-0.15, -0.1) is 0 Å². The van der Waals surface area contributed by atoms with Crippen molar-refractivity contribution in [2.24, 2.45) is 0 Å². The molecule has 1 atom stereocenters. The van der Waals surface area contributed by atoms with Crippen molar-refractivity contribution in [1.82, 2.24) is 4.90 Å². The molecule has 2 aromatic carbocycles. The number of carbonyl (C=O) groups excluding carboxylic acids is 1. The van der Waals surface area contributed by atoms with Crippen LogP contribution in [-0.4, -0.2) is 31.3 Å². The van der Waals surface area contributed by atoms with E-state index >= 15 is 0 Å². The Labute approximate surface area is 140 Å². The number of fused-ring (bicyclic) bond motifs is 2. The van der Waals surface area contributed by atoms with Crippen LogP contribution in [0.1, 0.15) is 34.5 Å². The maximum absolute atomic E-state index is 13.0. The molecule has 0 saturated heterocycles. The molecule has 24 heavy (non-hydrogen) atoms. The van der Waals surface area contributed by atoms with Gasteiger partial charge in [-0.25, -0.2) is 0 Å². The molecular weight excluding hydrogens is 306 g/mol. The zero-order valence-corrected chi connectivity index (χ0v) is 13.7. The Bertz CT molecular complexity index is 802. The normalized spacial score (nSPS) is 18.2. The molecule has 5 heteroatoms. The highest BCUT2D eigenvalue weighted by Gasteiger charge is 2.31. The molecule has 0 bridgehead atoms. The Morgan fingerprint density at radius 1 is 1.21 bits per heavy atom. The second-order valence-corrected chi connectivity index (χ2v) is 6.03. The molecule has 0 saturated carbocycles. The van der Waals surface area contributed by atoms with E-state index in [9.17, 15) is 4.79 Å². The van der Waals surface area contributed by atoms with Crippen LogP contribution >= 0.6 is 0 Å². The predicted octanol–water partition coefficient (Wildman–Crippen LogP) is 3.18. The summed E-state index contributed by atoms with van der Waals surface area (Å²) in [6.07, 6.45) is 0.803. The number of carbonyl (C=O) groups is 1. The molecule has 2 aliphatic rings. The van der Waals surface area contributed by atoms with E-state index in [1.165, 1.54) is 5.56 Å². The van der Waals surface area contributed by atoms with Crippen LogP contribution in [0.2, 0.25) is 0 Å². The lowest BCUT2D eigenvalue weighted by atomic mass is 9.92.